The molecule has 1 heterocycles. The fourth-order valence-corrected chi connectivity index (χ4v) is 1.43. The van der Waals surface area contributed by atoms with Gasteiger partial charge in [0.15, 0.2) is 0 Å². The van der Waals surface area contributed by atoms with Crippen LogP contribution >= 0.6 is 0 Å². The first kappa shape index (κ1) is 12.6. The van der Waals surface area contributed by atoms with E-state index >= 15 is 0 Å². The van der Waals surface area contributed by atoms with E-state index in [0.29, 0.717) is 5.69 Å². The molecule has 0 fully saturated rings. The topological polar surface area (TPSA) is 63.1 Å². The Morgan fingerprint density at radius 2 is 2.06 bits per heavy atom. The molecule has 4 nitrogen and oxygen atoms in total. The van der Waals surface area contributed by atoms with Crippen LogP contribution in [0.15, 0.2) is 6.20 Å². The molecule has 1 unspecified atom stereocenters. The van der Waals surface area contributed by atoms with E-state index in [-0.39, 0.29) is 17.4 Å². The van der Waals surface area contributed by atoms with Gasteiger partial charge < -0.3 is 5.11 Å². The summed E-state index contributed by atoms with van der Waals surface area (Å²) in [7, 11) is 0. The first-order chi connectivity index (χ1) is 7.47. The van der Waals surface area contributed by atoms with Gasteiger partial charge >= 0.3 is 5.97 Å². The molecule has 1 atom stereocenters. The summed E-state index contributed by atoms with van der Waals surface area (Å²) in [5, 5.41) is 9.02. The molecule has 0 aliphatic heterocycles. The summed E-state index contributed by atoms with van der Waals surface area (Å²) >= 11 is 0. The molecule has 88 valence electrons. The van der Waals surface area contributed by atoms with Crippen LogP contribution in [0.3, 0.4) is 0 Å². The highest BCUT2D eigenvalue weighted by molar-refractivity contribution is 5.88. The molecule has 0 saturated carbocycles. The highest BCUT2D eigenvalue weighted by Gasteiger charge is 2.17. The summed E-state index contributed by atoms with van der Waals surface area (Å²) in [4.78, 5) is 19.5. The van der Waals surface area contributed by atoms with Crippen molar-refractivity contribution in [3.8, 4) is 0 Å². The molecular formula is C12H18N2O2. The third-order valence-corrected chi connectivity index (χ3v) is 2.67. The van der Waals surface area contributed by atoms with Crippen molar-refractivity contribution in [2.75, 3.05) is 0 Å². The first-order valence-electron chi connectivity index (χ1n) is 5.57. The maximum atomic E-state index is 11.0. The Balaban J connectivity index is 3.22. The number of hydrogen-bond acceptors (Lipinski definition) is 3. The summed E-state index contributed by atoms with van der Waals surface area (Å²) in [5.41, 5.74) is 0.833. The molecule has 0 bridgehead atoms. The molecule has 0 aliphatic rings. The van der Waals surface area contributed by atoms with Crippen LogP contribution in [0.4, 0.5) is 0 Å². The van der Waals surface area contributed by atoms with Gasteiger partial charge in [-0.25, -0.2) is 14.8 Å². The summed E-state index contributed by atoms with van der Waals surface area (Å²) in [6, 6.07) is 0. The third-order valence-electron chi connectivity index (χ3n) is 2.67. The number of aromatic carboxylic acids is 1. The zero-order chi connectivity index (χ0) is 12.3. The lowest BCUT2D eigenvalue weighted by Crippen LogP contribution is -2.11. The van der Waals surface area contributed by atoms with Gasteiger partial charge in [0.25, 0.3) is 0 Å². The van der Waals surface area contributed by atoms with Crippen molar-refractivity contribution in [2.45, 2.75) is 46.0 Å². The lowest BCUT2D eigenvalue weighted by Gasteiger charge is -2.12. The number of hydrogen-bond donors (Lipinski definition) is 1. The highest BCUT2D eigenvalue weighted by atomic mass is 16.4. The van der Waals surface area contributed by atoms with Gasteiger partial charge in [-0.1, -0.05) is 27.7 Å². The minimum absolute atomic E-state index is 0.0944. The summed E-state index contributed by atoms with van der Waals surface area (Å²) in [6.45, 7) is 7.98. The standard InChI is InChI=1S/C12H18N2O2/c1-5-8(4)11-13-6-9(12(15)16)10(14-11)7(2)3/h6-8H,5H2,1-4H3,(H,15,16). The molecular weight excluding hydrogens is 204 g/mol. The number of nitrogens with zero attached hydrogens (tertiary/aromatic N) is 2. The molecule has 1 aromatic rings. The summed E-state index contributed by atoms with van der Waals surface area (Å²) < 4.78 is 0. The van der Waals surface area contributed by atoms with Crippen LogP contribution in [0.2, 0.25) is 0 Å². The van der Waals surface area contributed by atoms with Crippen molar-refractivity contribution in [2.24, 2.45) is 0 Å². The van der Waals surface area contributed by atoms with Gasteiger partial charge in [0, 0.05) is 12.1 Å². The molecule has 0 aliphatic carbocycles. The summed E-state index contributed by atoms with van der Waals surface area (Å²) in [5.74, 6) is 0.132. The quantitative estimate of drug-likeness (QED) is 0.850. The predicted molar refractivity (Wildman–Crippen MR) is 61.8 cm³/mol. The SMILES string of the molecule is CCC(C)c1ncc(C(=O)O)c(C(C)C)n1. The van der Waals surface area contributed by atoms with E-state index in [1.54, 1.807) is 0 Å². The minimum atomic E-state index is -0.959. The first-order valence-corrected chi connectivity index (χ1v) is 5.57. The van der Waals surface area contributed by atoms with Crippen LogP contribution in [-0.2, 0) is 0 Å². The molecule has 1 aromatic heterocycles. The number of carboxylic acid groups (broad SMARTS) is 1. The Bertz CT molecular complexity index is 389. The van der Waals surface area contributed by atoms with Crippen molar-refractivity contribution in [1.29, 1.82) is 0 Å². The molecule has 0 amide bonds. The average Bonchev–Trinajstić information content (AvgIpc) is 2.26. The highest BCUT2D eigenvalue weighted by Crippen LogP contribution is 2.20. The van der Waals surface area contributed by atoms with Gasteiger partial charge in [0.1, 0.15) is 5.82 Å². The van der Waals surface area contributed by atoms with E-state index in [2.05, 4.69) is 16.9 Å². The molecule has 0 radical (unpaired) electrons. The maximum Gasteiger partial charge on any atom is 0.339 e. The van der Waals surface area contributed by atoms with Crippen molar-refractivity contribution in [3.63, 3.8) is 0 Å². The Kier molecular flexibility index (Phi) is 3.99. The second kappa shape index (κ2) is 5.05. The molecule has 0 aromatic carbocycles. The molecule has 1 rings (SSSR count). The Labute approximate surface area is 95.7 Å². The smallest absolute Gasteiger partial charge is 0.339 e. The van der Waals surface area contributed by atoms with Crippen LogP contribution in [0.25, 0.3) is 0 Å². The fraction of sp³-hybridized carbons (Fsp3) is 0.583. The average molecular weight is 222 g/mol. The van der Waals surface area contributed by atoms with Crippen molar-refractivity contribution >= 4 is 5.97 Å². The number of carboxylic acids is 1. The van der Waals surface area contributed by atoms with E-state index in [0.717, 1.165) is 12.2 Å². The van der Waals surface area contributed by atoms with Crippen LogP contribution in [0.1, 0.15) is 67.8 Å². The van der Waals surface area contributed by atoms with E-state index in [1.165, 1.54) is 6.20 Å². The van der Waals surface area contributed by atoms with Crippen LogP contribution in [-0.4, -0.2) is 21.0 Å². The second-order valence-electron chi connectivity index (χ2n) is 4.30. The Hall–Kier alpha value is -1.45. The molecule has 4 heteroatoms. The zero-order valence-corrected chi connectivity index (χ0v) is 10.2. The van der Waals surface area contributed by atoms with Gasteiger partial charge in [-0.15, -0.1) is 0 Å². The number of carbonyl (C=O) groups is 1. The van der Waals surface area contributed by atoms with Gasteiger partial charge in [0.05, 0.1) is 11.3 Å². The van der Waals surface area contributed by atoms with Crippen LogP contribution in [0.5, 0.6) is 0 Å². The predicted octanol–water partition coefficient (Wildman–Crippen LogP) is 2.81. The van der Waals surface area contributed by atoms with Crippen molar-refractivity contribution in [1.82, 2.24) is 9.97 Å². The molecule has 0 spiro atoms. The van der Waals surface area contributed by atoms with E-state index in [1.807, 2.05) is 20.8 Å². The van der Waals surface area contributed by atoms with Crippen LogP contribution < -0.4 is 0 Å². The van der Waals surface area contributed by atoms with E-state index in [4.69, 9.17) is 5.11 Å². The fourth-order valence-electron chi connectivity index (χ4n) is 1.43. The van der Waals surface area contributed by atoms with Gasteiger partial charge in [-0.05, 0) is 12.3 Å². The van der Waals surface area contributed by atoms with Crippen LogP contribution in [0, 0.1) is 0 Å². The largest absolute Gasteiger partial charge is 0.478 e. The molecule has 1 N–H and O–H groups in total. The van der Waals surface area contributed by atoms with Gasteiger partial charge in [-0.2, -0.15) is 0 Å². The van der Waals surface area contributed by atoms with Gasteiger partial charge in [-0.3, -0.25) is 0 Å². The molecule has 0 saturated heterocycles. The lowest BCUT2D eigenvalue weighted by atomic mass is 10.0. The van der Waals surface area contributed by atoms with E-state index in [9.17, 15) is 4.79 Å². The second-order valence-corrected chi connectivity index (χ2v) is 4.30. The minimum Gasteiger partial charge on any atom is -0.478 e. The Morgan fingerprint density at radius 1 is 1.44 bits per heavy atom. The summed E-state index contributed by atoms with van der Waals surface area (Å²) in [6.07, 6.45) is 2.37. The maximum absolute atomic E-state index is 11.0. The monoisotopic (exact) mass is 222 g/mol. The number of aromatic nitrogens is 2. The number of rotatable bonds is 4. The normalized spacial score (nSPS) is 12.8. The van der Waals surface area contributed by atoms with Crippen molar-refractivity contribution < 1.29 is 9.90 Å². The molecule has 16 heavy (non-hydrogen) atoms. The van der Waals surface area contributed by atoms with Gasteiger partial charge in [0.2, 0.25) is 0 Å². The zero-order valence-electron chi connectivity index (χ0n) is 10.2. The Morgan fingerprint density at radius 3 is 2.50 bits per heavy atom. The lowest BCUT2D eigenvalue weighted by molar-refractivity contribution is 0.0694. The van der Waals surface area contributed by atoms with Crippen molar-refractivity contribution in [3.05, 3.63) is 23.3 Å². The van der Waals surface area contributed by atoms with E-state index < -0.39 is 5.97 Å². The third kappa shape index (κ3) is 2.56.